The van der Waals surface area contributed by atoms with Crippen LogP contribution in [0.5, 0.6) is 0 Å². The number of hydrogen-bond acceptors (Lipinski definition) is 2. The van der Waals surface area contributed by atoms with Crippen molar-refractivity contribution in [3.63, 3.8) is 0 Å². The Morgan fingerprint density at radius 3 is 2.57 bits per heavy atom. The Morgan fingerprint density at radius 2 is 1.91 bits per heavy atom. The minimum atomic E-state index is -0.725. The number of aromatic nitrogens is 1. The first-order chi connectivity index (χ1) is 10.9. The molecule has 1 aromatic carbocycles. The Bertz CT molecular complexity index is 733. The molecule has 1 fully saturated rings. The molecule has 4 heteroatoms. The summed E-state index contributed by atoms with van der Waals surface area (Å²) in [7, 11) is 0. The van der Waals surface area contributed by atoms with Gasteiger partial charge < -0.3 is 5.11 Å². The molecule has 1 aliphatic carbocycles. The molecule has 0 amide bonds. The molecule has 1 saturated carbocycles. The molecule has 1 heterocycles. The zero-order chi connectivity index (χ0) is 16.6. The molecule has 122 valence electrons. The van der Waals surface area contributed by atoms with Gasteiger partial charge in [0, 0.05) is 11.6 Å². The van der Waals surface area contributed by atoms with Gasteiger partial charge in [0.25, 0.3) is 0 Å². The van der Waals surface area contributed by atoms with Crippen molar-refractivity contribution >= 4 is 16.9 Å². The van der Waals surface area contributed by atoms with Crippen molar-refractivity contribution in [3.8, 4) is 0 Å². The molecule has 0 radical (unpaired) electrons. The van der Waals surface area contributed by atoms with Gasteiger partial charge in [0.2, 0.25) is 0 Å². The molecule has 1 aliphatic rings. The number of hydrogen-bond donors (Lipinski definition) is 1. The molecule has 0 atom stereocenters. The second-order valence-electron chi connectivity index (χ2n) is 7.14. The molecule has 1 aromatic heterocycles. The predicted octanol–water partition coefficient (Wildman–Crippen LogP) is 4.76. The molecule has 2 aromatic rings. The first-order valence-corrected chi connectivity index (χ1v) is 8.17. The summed E-state index contributed by atoms with van der Waals surface area (Å²) in [4.78, 5) is 15.7. The molecule has 3 nitrogen and oxygen atoms in total. The first-order valence-electron chi connectivity index (χ1n) is 8.17. The number of aliphatic carboxylic acids is 1. The molecular weight excluding hydrogens is 293 g/mol. The molecule has 0 unspecified atom stereocenters. The lowest BCUT2D eigenvalue weighted by molar-refractivity contribution is -0.150. The van der Waals surface area contributed by atoms with Gasteiger partial charge in [0.1, 0.15) is 5.82 Å². The van der Waals surface area contributed by atoms with E-state index in [1.165, 1.54) is 6.07 Å². The van der Waals surface area contributed by atoms with Crippen molar-refractivity contribution in [1.29, 1.82) is 0 Å². The standard InChI is InChI=1S/C19H22FNO2/c1-19(2,18(22)23)13-5-3-12(4-6-13)15-9-10-21-17-8-7-14(20)11-16(15)17/h7-13H,3-6H2,1-2H3,(H,22,23)/t12-,13+. The number of carboxylic acid groups (broad SMARTS) is 1. The van der Waals surface area contributed by atoms with Gasteiger partial charge in [0.05, 0.1) is 10.9 Å². The highest BCUT2D eigenvalue weighted by Gasteiger charge is 2.39. The average molecular weight is 315 g/mol. The van der Waals surface area contributed by atoms with E-state index < -0.39 is 11.4 Å². The predicted molar refractivity (Wildman–Crippen MR) is 87.8 cm³/mol. The van der Waals surface area contributed by atoms with Gasteiger partial charge in [0.15, 0.2) is 0 Å². The van der Waals surface area contributed by atoms with Crippen LogP contribution in [0.25, 0.3) is 10.9 Å². The Labute approximate surface area is 135 Å². The van der Waals surface area contributed by atoms with Crippen molar-refractivity contribution in [1.82, 2.24) is 4.98 Å². The zero-order valence-corrected chi connectivity index (χ0v) is 13.6. The van der Waals surface area contributed by atoms with E-state index in [-0.39, 0.29) is 11.7 Å². The summed E-state index contributed by atoms with van der Waals surface area (Å²) >= 11 is 0. The van der Waals surface area contributed by atoms with Gasteiger partial charge in [-0.1, -0.05) is 0 Å². The van der Waals surface area contributed by atoms with Crippen molar-refractivity contribution in [2.75, 3.05) is 0 Å². The van der Waals surface area contributed by atoms with E-state index in [2.05, 4.69) is 4.98 Å². The van der Waals surface area contributed by atoms with Crippen LogP contribution in [0.3, 0.4) is 0 Å². The number of nitrogens with zero attached hydrogens (tertiary/aromatic N) is 1. The number of benzene rings is 1. The van der Waals surface area contributed by atoms with E-state index in [0.717, 1.165) is 42.1 Å². The van der Waals surface area contributed by atoms with E-state index in [0.29, 0.717) is 5.92 Å². The molecule has 0 bridgehead atoms. The van der Waals surface area contributed by atoms with Crippen LogP contribution >= 0.6 is 0 Å². The normalized spacial score (nSPS) is 22.2. The van der Waals surface area contributed by atoms with E-state index in [1.54, 1.807) is 18.3 Å². The SMILES string of the molecule is CC(C)(C(=O)O)[C@H]1CC[C@@H](c2ccnc3ccc(F)cc32)CC1. The van der Waals surface area contributed by atoms with E-state index in [1.807, 2.05) is 19.9 Å². The Hall–Kier alpha value is -1.97. The second kappa shape index (κ2) is 5.91. The van der Waals surface area contributed by atoms with Crippen molar-refractivity contribution < 1.29 is 14.3 Å². The fourth-order valence-electron chi connectivity index (χ4n) is 3.80. The zero-order valence-electron chi connectivity index (χ0n) is 13.6. The Morgan fingerprint density at radius 1 is 1.22 bits per heavy atom. The molecule has 23 heavy (non-hydrogen) atoms. The lowest BCUT2D eigenvalue weighted by Gasteiger charge is -2.36. The lowest BCUT2D eigenvalue weighted by atomic mass is 9.67. The molecule has 3 rings (SSSR count). The minimum Gasteiger partial charge on any atom is -0.481 e. The maximum Gasteiger partial charge on any atom is 0.309 e. The Kier molecular flexibility index (Phi) is 4.09. The highest BCUT2D eigenvalue weighted by molar-refractivity contribution is 5.82. The van der Waals surface area contributed by atoms with Gasteiger partial charge in [-0.15, -0.1) is 0 Å². The Balaban J connectivity index is 1.83. The van der Waals surface area contributed by atoms with Crippen LogP contribution in [0, 0.1) is 17.2 Å². The highest BCUT2D eigenvalue weighted by Crippen LogP contribution is 2.44. The van der Waals surface area contributed by atoms with Crippen LogP contribution in [0.4, 0.5) is 4.39 Å². The van der Waals surface area contributed by atoms with Crippen molar-refractivity contribution in [2.45, 2.75) is 45.4 Å². The summed E-state index contributed by atoms with van der Waals surface area (Å²) in [5.74, 6) is -0.422. The summed E-state index contributed by atoms with van der Waals surface area (Å²) in [6.07, 6.45) is 5.45. The van der Waals surface area contributed by atoms with E-state index in [9.17, 15) is 14.3 Å². The quantitative estimate of drug-likeness (QED) is 0.888. The summed E-state index contributed by atoms with van der Waals surface area (Å²) in [5, 5.41) is 10.3. The van der Waals surface area contributed by atoms with E-state index in [4.69, 9.17) is 0 Å². The van der Waals surface area contributed by atoms with Crippen LogP contribution in [0.15, 0.2) is 30.5 Å². The average Bonchev–Trinajstić information content (AvgIpc) is 2.54. The number of rotatable bonds is 3. The monoisotopic (exact) mass is 315 g/mol. The third-order valence-corrected chi connectivity index (χ3v) is 5.48. The van der Waals surface area contributed by atoms with Crippen molar-refractivity contribution in [3.05, 3.63) is 41.8 Å². The highest BCUT2D eigenvalue weighted by atomic mass is 19.1. The molecule has 0 spiro atoms. The maximum absolute atomic E-state index is 13.6. The summed E-state index contributed by atoms with van der Waals surface area (Å²) < 4.78 is 13.6. The van der Waals surface area contributed by atoms with E-state index >= 15 is 0 Å². The van der Waals surface area contributed by atoms with Crippen LogP contribution in [-0.4, -0.2) is 16.1 Å². The lowest BCUT2D eigenvalue weighted by Crippen LogP contribution is -2.35. The first kappa shape index (κ1) is 15.9. The fourth-order valence-corrected chi connectivity index (χ4v) is 3.80. The smallest absolute Gasteiger partial charge is 0.309 e. The van der Waals surface area contributed by atoms with Gasteiger partial charge in [-0.25, -0.2) is 4.39 Å². The largest absolute Gasteiger partial charge is 0.481 e. The minimum absolute atomic E-state index is 0.195. The van der Waals surface area contributed by atoms with Crippen LogP contribution < -0.4 is 0 Å². The van der Waals surface area contributed by atoms with Crippen molar-refractivity contribution in [2.24, 2.45) is 11.3 Å². The molecule has 0 aliphatic heterocycles. The fraction of sp³-hybridized carbons (Fsp3) is 0.474. The van der Waals surface area contributed by atoms with Crippen LogP contribution in [0.1, 0.15) is 51.0 Å². The number of halogens is 1. The molecule has 1 N–H and O–H groups in total. The maximum atomic E-state index is 13.6. The number of carboxylic acids is 1. The third-order valence-electron chi connectivity index (χ3n) is 5.48. The number of fused-ring (bicyclic) bond motifs is 1. The second-order valence-corrected chi connectivity index (χ2v) is 7.14. The van der Waals surface area contributed by atoms with Gasteiger partial charge in [-0.2, -0.15) is 0 Å². The topological polar surface area (TPSA) is 50.2 Å². The van der Waals surface area contributed by atoms with Crippen LogP contribution in [-0.2, 0) is 4.79 Å². The number of carbonyl (C=O) groups is 1. The van der Waals surface area contributed by atoms with Gasteiger partial charge in [-0.05, 0) is 81.2 Å². The summed E-state index contributed by atoms with van der Waals surface area (Å²) in [5.41, 5.74) is 1.27. The van der Waals surface area contributed by atoms with Gasteiger partial charge in [-0.3, -0.25) is 9.78 Å². The molecule has 0 saturated heterocycles. The van der Waals surface area contributed by atoms with Gasteiger partial charge >= 0.3 is 5.97 Å². The summed E-state index contributed by atoms with van der Waals surface area (Å²) in [6, 6.07) is 6.69. The molecular formula is C19H22FNO2. The van der Waals surface area contributed by atoms with Crippen LogP contribution in [0.2, 0.25) is 0 Å². The number of pyridine rings is 1. The summed E-state index contributed by atoms with van der Waals surface area (Å²) in [6.45, 7) is 3.63. The third kappa shape index (κ3) is 2.94.